The lowest BCUT2D eigenvalue weighted by molar-refractivity contribution is -0.141. The highest BCUT2D eigenvalue weighted by atomic mass is 16.5. The average molecular weight is 187 g/mol. The highest BCUT2D eigenvalue weighted by Crippen LogP contribution is 2.36. The molecule has 3 N–H and O–H groups in total. The van der Waals surface area contributed by atoms with Crippen molar-refractivity contribution in [1.29, 1.82) is 0 Å². The summed E-state index contributed by atoms with van der Waals surface area (Å²) >= 11 is 0. The molecule has 5 heteroatoms. The normalized spacial score (nSPS) is 36.1. The van der Waals surface area contributed by atoms with Gasteiger partial charge >= 0.3 is 5.97 Å². The molecule has 2 rings (SSSR count). The number of hydrogen-bond donors (Lipinski definition) is 3. The fourth-order valence-corrected chi connectivity index (χ4v) is 1.58. The number of nitrogens with one attached hydrogen (secondary N) is 1. The van der Waals surface area contributed by atoms with Crippen molar-refractivity contribution in [2.75, 3.05) is 13.2 Å². The highest BCUT2D eigenvalue weighted by Gasteiger charge is 2.52. The molecule has 0 spiro atoms. The Morgan fingerprint density at radius 2 is 2.15 bits per heavy atom. The molecule has 1 heterocycles. The van der Waals surface area contributed by atoms with E-state index in [9.17, 15) is 9.90 Å². The van der Waals surface area contributed by atoms with Gasteiger partial charge < -0.3 is 14.9 Å². The van der Waals surface area contributed by atoms with E-state index in [1.165, 1.54) is 0 Å². The molecule has 0 aromatic carbocycles. The van der Waals surface area contributed by atoms with Crippen molar-refractivity contribution in [2.45, 2.75) is 30.5 Å². The van der Waals surface area contributed by atoms with Crippen LogP contribution in [0.15, 0.2) is 0 Å². The molecule has 0 aromatic rings. The van der Waals surface area contributed by atoms with Crippen molar-refractivity contribution in [3.63, 3.8) is 0 Å². The Morgan fingerprint density at radius 1 is 1.46 bits per heavy atom. The number of aliphatic carboxylic acids is 1. The Hall–Kier alpha value is -0.650. The van der Waals surface area contributed by atoms with Gasteiger partial charge in [-0.1, -0.05) is 0 Å². The van der Waals surface area contributed by atoms with Crippen molar-refractivity contribution in [3.8, 4) is 0 Å². The van der Waals surface area contributed by atoms with Gasteiger partial charge in [0.15, 0.2) is 0 Å². The number of carboxylic acid groups (broad SMARTS) is 1. The Kier molecular flexibility index (Phi) is 2.02. The SMILES string of the molecule is O=C(O)C1(NC2COCC2O)CC1. The smallest absolute Gasteiger partial charge is 0.323 e. The van der Waals surface area contributed by atoms with E-state index in [1.54, 1.807) is 0 Å². The van der Waals surface area contributed by atoms with Crippen molar-refractivity contribution in [1.82, 2.24) is 5.32 Å². The van der Waals surface area contributed by atoms with Gasteiger partial charge in [0.25, 0.3) is 0 Å². The van der Waals surface area contributed by atoms with Gasteiger partial charge in [-0.25, -0.2) is 0 Å². The summed E-state index contributed by atoms with van der Waals surface area (Å²) in [5.74, 6) is -0.827. The molecule has 1 aliphatic carbocycles. The van der Waals surface area contributed by atoms with E-state index in [0.717, 1.165) is 0 Å². The molecule has 2 unspecified atom stereocenters. The molecule has 1 saturated carbocycles. The van der Waals surface area contributed by atoms with Gasteiger partial charge in [-0.15, -0.1) is 0 Å². The van der Waals surface area contributed by atoms with Crippen LogP contribution in [0, 0.1) is 0 Å². The van der Waals surface area contributed by atoms with Crippen molar-refractivity contribution in [2.24, 2.45) is 0 Å². The minimum absolute atomic E-state index is 0.224. The zero-order valence-corrected chi connectivity index (χ0v) is 7.19. The summed E-state index contributed by atoms with van der Waals surface area (Å²) in [7, 11) is 0. The van der Waals surface area contributed by atoms with Gasteiger partial charge in [-0.3, -0.25) is 10.1 Å². The maximum atomic E-state index is 10.8. The van der Waals surface area contributed by atoms with E-state index < -0.39 is 17.6 Å². The molecule has 2 fully saturated rings. The summed E-state index contributed by atoms with van der Waals surface area (Å²) in [5, 5.41) is 21.2. The Morgan fingerprint density at radius 3 is 2.54 bits per heavy atom. The number of rotatable bonds is 3. The average Bonchev–Trinajstić information content (AvgIpc) is 2.74. The zero-order chi connectivity index (χ0) is 9.47. The summed E-state index contributed by atoms with van der Waals surface area (Å²) in [6, 6.07) is -0.224. The van der Waals surface area contributed by atoms with E-state index in [4.69, 9.17) is 9.84 Å². The highest BCUT2D eigenvalue weighted by molar-refractivity contribution is 5.82. The van der Waals surface area contributed by atoms with Crippen LogP contribution in [0.1, 0.15) is 12.8 Å². The third-order valence-electron chi connectivity index (χ3n) is 2.67. The van der Waals surface area contributed by atoms with Crippen LogP contribution in [-0.4, -0.2) is 47.1 Å². The van der Waals surface area contributed by atoms with E-state index in [-0.39, 0.29) is 6.04 Å². The van der Waals surface area contributed by atoms with Crippen molar-refractivity contribution < 1.29 is 19.7 Å². The second kappa shape index (κ2) is 2.94. The first kappa shape index (κ1) is 8.93. The lowest BCUT2D eigenvalue weighted by Gasteiger charge is -2.19. The molecule has 13 heavy (non-hydrogen) atoms. The maximum Gasteiger partial charge on any atom is 0.323 e. The predicted octanol–water partition coefficient (Wildman–Crippen LogP) is -1.05. The van der Waals surface area contributed by atoms with Gasteiger partial charge in [0.2, 0.25) is 0 Å². The summed E-state index contributed by atoms with van der Waals surface area (Å²) in [6.07, 6.45) is 0.716. The van der Waals surface area contributed by atoms with Gasteiger partial charge in [0.05, 0.1) is 25.4 Å². The van der Waals surface area contributed by atoms with Crippen LogP contribution in [0.4, 0.5) is 0 Å². The first-order valence-electron chi connectivity index (χ1n) is 4.41. The number of carbonyl (C=O) groups is 1. The number of aliphatic hydroxyl groups excluding tert-OH is 1. The van der Waals surface area contributed by atoms with Crippen molar-refractivity contribution >= 4 is 5.97 Å². The topological polar surface area (TPSA) is 78.8 Å². The molecule has 74 valence electrons. The van der Waals surface area contributed by atoms with E-state index >= 15 is 0 Å². The predicted molar refractivity (Wildman–Crippen MR) is 43.4 cm³/mol. The fourth-order valence-electron chi connectivity index (χ4n) is 1.58. The number of ether oxygens (including phenoxy) is 1. The second-order valence-electron chi connectivity index (χ2n) is 3.74. The molecule has 0 amide bonds. The number of aliphatic hydroxyl groups is 1. The maximum absolute atomic E-state index is 10.8. The fraction of sp³-hybridized carbons (Fsp3) is 0.875. The molecule has 0 aromatic heterocycles. The first-order chi connectivity index (χ1) is 6.14. The monoisotopic (exact) mass is 187 g/mol. The summed E-state index contributed by atoms with van der Waals surface area (Å²) in [4.78, 5) is 10.8. The van der Waals surface area contributed by atoms with Crippen LogP contribution in [0.3, 0.4) is 0 Å². The molecule has 1 aliphatic heterocycles. The van der Waals surface area contributed by atoms with Crippen LogP contribution in [-0.2, 0) is 9.53 Å². The third kappa shape index (κ3) is 1.54. The van der Waals surface area contributed by atoms with Gasteiger partial charge in [0, 0.05) is 0 Å². The van der Waals surface area contributed by atoms with Crippen LogP contribution in [0.25, 0.3) is 0 Å². The summed E-state index contributed by atoms with van der Waals surface area (Å²) in [5.41, 5.74) is -0.778. The Balaban J connectivity index is 1.94. The van der Waals surface area contributed by atoms with Crippen LogP contribution < -0.4 is 5.32 Å². The lowest BCUT2D eigenvalue weighted by Crippen LogP contribution is -2.50. The minimum atomic E-state index is -0.827. The molecule has 2 atom stereocenters. The zero-order valence-electron chi connectivity index (χ0n) is 7.19. The van der Waals surface area contributed by atoms with Gasteiger partial charge in [-0.05, 0) is 12.8 Å². The molecular weight excluding hydrogens is 174 g/mol. The van der Waals surface area contributed by atoms with E-state index in [2.05, 4.69) is 5.32 Å². The van der Waals surface area contributed by atoms with Gasteiger partial charge in [0.1, 0.15) is 5.54 Å². The Labute approximate surface area is 75.7 Å². The standard InChI is InChI=1S/C8H13NO4/c10-6-4-13-3-5(6)9-8(1-2-8)7(11)12/h5-6,9-10H,1-4H2,(H,11,12). The molecule has 0 radical (unpaired) electrons. The molecular formula is C8H13NO4. The van der Waals surface area contributed by atoms with Crippen molar-refractivity contribution in [3.05, 3.63) is 0 Å². The Bertz CT molecular complexity index is 226. The molecule has 0 bridgehead atoms. The van der Waals surface area contributed by atoms with E-state index in [0.29, 0.717) is 26.1 Å². The van der Waals surface area contributed by atoms with Crippen LogP contribution in [0.2, 0.25) is 0 Å². The van der Waals surface area contributed by atoms with E-state index in [1.807, 2.05) is 0 Å². The molecule has 2 aliphatic rings. The van der Waals surface area contributed by atoms with Crippen LogP contribution in [0.5, 0.6) is 0 Å². The largest absolute Gasteiger partial charge is 0.480 e. The second-order valence-corrected chi connectivity index (χ2v) is 3.74. The number of carboxylic acids is 1. The number of hydrogen-bond acceptors (Lipinski definition) is 4. The summed E-state index contributed by atoms with van der Waals surface area (Å²) in [6.45, 7) is 0.698. The quantitative estimate of drug-likeness (QED) is 0.525. The molecule has 5 nitrogen and oxygen atoms in total. The molecule has 1 saturated heterocycles. The minimum Gasteiger partial charge on any atom is -0.480 e. The summed E-state index contributed by atoms with van der Waals surface area (Å²) < 4.78 is 5.02. The first-order valence-corrected chi connectivity index (χ1v) is 4.41. The lowest BCUT2D eigenvalue weighted by atomic mass is 10.1. The third-order valence-corrected chi connectivity index (χ3v) is 2.67. The van der Waals surface area contributed by atoms with Gasteiger partial charge in [-0.2, -0.15) is 0 Å². The van der Waals surface area contributed by atoms with Crippen LogP contribution >= 0.6 is 0 Å².